The first-order valence-corrected chi connectivity index (χ1v) is 17.6. The van der Waals surface area contributed by atoms with Crippen molar-refractivity contribution in [2.75, 3.05) is 45.0 Å². The maximum atomic E-state index is 13.4. The van der Waals surface area contributed by atoms with Crippen LogP contribution in [0.25, 0.3) is 0 Å². The highest BCUT2D eigenvalue weighted by molar-refractivity contribution is 7.13. The van der Waals surface area contributed by atoms with Crippen LogP contribution in [0.1, 0.15) is 60.8 Å². The van der Waals surface area contributed by atoms with Crippen molar-refractivity contribution < 1.29 is 53.1 Å². The van der Waals surface area contributed by atoms with Crippen LogP contribution in [0.5, 0.6) is 5.75 Å². The minimum atomic E-state index is -1.48. The molecule has 1 aromatic carbocycles. The first-order valence-electron chi connectivity index (χ1n) is 16.3. The average Bonchev–Trinajstić information content (AvgIpc) is 3.53. The predicted octanol–water partition coefficient (Wildman–Crippen LogP) is 1.13. The number of Topliss-reactive ketones (excluding diaryl/α,β-unsaturated/α-hetero) is 1. The van der Waals surface area contributed by atoms with Crippen LogP contribution in [-0.4, -0.2) is 128 Å². The lowest BCUT2D eigenvalue weighted by Crippen LogP contribution is -2.59. The number of aromatic nitrogens is 1. The number of fused-ring (bicyclic) bond motifs is 1. The van der Waals surface area contributed by atoms with Gasteiger partial charge in [-0.05, 0) is 42.5 Å². The summed E-state index contributed by atoms with van der Waals surface area (Å²) in [5.74, 6) is -5.73. The van der Waals surface area contributed by atoms with Crippen LogP contribution in [0.4, 0.5) is 14.7 Å². The Morgan fingerprint density at radius 3 is 2.13 bits per heavy atom. The summed E-state index contributed by atoms with van der Waals surface area (Å²) < 4.78 is 5.47. The highest BCUT2D eigenvalue weighted by atomic mass is 35.5. The summed E-state index contributed by atoms with van der Waals surface area (Å²) in [6.45, 7) is 5.41. The molecule has 52 heavy (non-hydrogen) atoms. The van der Waals surface area contributed by atoms with Gasteiger partial charge < -0.3 is 35.6 Å². The number of halogens is 1. The molecule has 5 N–H and O–H groups in total. The SMILES string of the molecule is CCCN1CCN(C(=O)Cl)C(=O)C1=O.CCCN1CCN(C(=O)NC(C(=O)C[C@H]2Cc3cccc(C(=O)O)c3OB2O)c2csc(N)n2)C(=O)C1=O. The van der Waals surface area contributed by atoms with Crippen LogP contribution in [0.2, 0.25) is 5.82 Å². The lowest BCUT2D eigenvalue weighted by molar-refractivity contribution is -0.153. The molecule has 2 atom stereocenters. The number of urea groups is 1. The van der Waals surface area contributed by atoms with Gasteiger partial charge in [0, 0.05) is 56.9 Å². The number of aromatic carboxylic acids is 1. The van der Waals surface area contributed by atoms with Gasteiger partial charge in [0.25, 0.3) is 0 Å². The predicted molar refractivity (Wildman–Crippen MR) is 185 cm³/mol. The zero-order valence-electron chi connectivity index (χ0n) is 28.3. The summed E-state index contributed by atoms with van der Waals surface area (Å²) in [5.41, 5.74) is 6.29. The molecular weight excluding hydrogens is 725 g/mol. The number of anilines is 1. The minimum absolute atomic E-state index is 0.0333. The Hall–Kier alpha value is -5.08. The van der Waals surface area contributed by atoms with Gasteiger partial charge in [-0.1, -0.05) is 26.0 Å². The van der Waals surface area contributed by atoms with E-state index in [2.05, 4.69) is 10.3 Å². The molecule has 7 amide bonds. The van der Waals surface area contributed by atoms with Gasteiger partial charge in [-0.2, -0.15) is 0 Å². The van der Waals surface area contributed by atoms with Crippen molar-refractivity contribution in [3.63, 3.8) is 0 Å². The largest absolute Gasteiger partial charge is 0.535 e. The molecule has 0 aliphatic carbocycles. The Morgan fingerprint density at radius 1 is 1.00 bits per heavy atom. The number of hydrogen-bond donors (Lipinski definition) is 4. The minimum Gasteiger partial charge on any atom is -0.535 e. The smallest absolute Gasteiger partial charge is 0.526 e. The standard InChI is InChI=1S/C23H26BN5O8S.C8H11ClN2O3/c1-2-6-28-7-8-29(20(32)19(28)31)23(35)27-17(15-11-38-22(25)26-15)16(30)10-13-9-12-4-3-5-14(21(33)34)18(12)37-24(13)36;1-2-3-10-4-5-11(8(9)14)7(13)6(10)12/h3-5,11,13,17,36H,2,6-10H2,1H3,(H2,25,26)(H,27,35)(H,33,34);2-5H2,1H3/t13-,17?;/m1./s1. The van der Waals surface area contributed by atoms with Gasteiger partial charge in [0.15, 0.2) is 10.9 Å². The third kappa shape index (κ3) is 9.04. The Morgan fingerprint density at radius 2 is 1.60 bits per heavy atom. The highest BCUT2D eigenvalue weighted by Crippen LogP contribution is 2.37. The Kier molecular flexibility index (Phi) is 13.3. The monoisotopic (exact) mass is 761 g/mol. The molecule has 278 valence electrons. The number of carbonyl (C=O) groups is 8. The van der Waals surface area contributed by atoms with E-state index in [9.17, 15) is 48.5 Å². The average molecular weight is 762 g/mol. The molecule has 2 fully saturated rings. The van der Waals surface area contributed by atoms with Gasteiger partial charge in [-0.15, -0.1) is 11.3 Å². The number of nitrogens with two attached hydrogens (primary N) is 1. The van der Waals surface area contributed by atoms with Crippen LogP contribution < -0.4 is 15.7 Å². The number of carboxylic acids is 1. The van der Waals surface area contributed by atoms with E-state index in [1.807, 2.05) is 13.8 Å². The second-order valence-electron chi connectivity index (χ2n) is 12.0. The quantitative estimate of drug-likeness (QED) is 0.115. The van der Waals surface area contributed by atoms with E-state index in [-0.39, 0.29) is 54.6 Å². The molecule has 2 saturated heterocycles. The Bertz CT molecular complexity index is 1760. The van der Waals surface area contributed by atoms with Crippen molar-refractivity contribution in [1.29, 1.82) is 0 Å². The normalized spacial score (nSPS) is 17.9. The fraction of sp³-hybridized carbons (Fsp3) is 0.452. The zero-order valence-corrected chi connectivity index (χ0v) is 29.9. The first-order chi connectivity index (χ1) is 24.7. The summed E-state index contributed by atoms with van der Waals surface area (Å²) in [6.07, 6.45) is 1.33. The van der Waals surface area contributed by atoms with E-state index in [4.69, 9.17) is 22.0 Å². The topological polar surface area (TPSA) is 250 Å². The van der Waals surface area contributed by atoms with Crippen LogP contribution in [0.3, 0.4) is 0 Å². The summed E-state index contributed by atoms with van der Waals surface area (Å²) in [6, 6.07) is 2.30. The van der Waals surface area contributed by atoms with Crippen LogP contribution in [0, 0.1) is 0 Å². The number of nitrogens with one attached hydrogen (secondary N) is 1. The molecule has 5 rings (SSSR count). The van der Waals surface area contributed by atoms with Crippen molar-refractivity contribution in [2.24, 2.45) is 0 Å². The van der Waals surface area contributed by atoms with Crippen molar-refractivity contribution in [2.45, 2.75) is 51.4 Å². The summed E-state index contributed by atoms with van der Waals surface area (Å²) in [4.78, 5) is 105. The third-order valence-corrected chi connectivity index (χ3v) is 9.30. The number of imide groups is 2. The van der Waals surface area contributed by atoms with Crippen LogP contribution in [0.15, 0.2) is 23.6 Å². The molecule has 0 bridgehead atoms. The van der Waals surface area contributed by atoms with E-state index in [1.54, 1.807) is 12.1 Å². The molecular formula is C31H37BClN7O11S. The number of amides is 7. The van der Waals surface area contributed by atoms with Gasteiger partial charge in [0.2, 0.25) is 0 Å². The van der Waals surface area contributed by atoms with Crippen molar-refractivity contribution in [1.82, 2.24) is 29.9 Å². The summed E-state index contributed by atoms with van der Waals surface area (Å²) in [5, 5.41) is 23.2. The zero-order chi connectivity index (χ0) is 38.3. The number of nitrogen functional groups attached to an aromatic ring is 1. The lowest BCUT2D eigenvalue weighted by atomic mass is 9.64. The van der Waals surface area contributed by atoms with Gasteiger partial charge in [0.05, 0.1) is 11.3 Å². The first kappa shape index (κ1) is 39.7. The molecule has 0 radical (unpaired) electrons. The molecule has 4 heterocycles. The number of para-hydroxylation sites is 1. The highest BCUT2D eigenvalue weighted by Gasteiger charge is 2.42. The second-order valence-corrected chi connectivity index (χ2v) is 13.2. The molecule has 3 aliphatic heterocycles. The van der Waals surface area contributed by atoms with Crippen molar-refractivity contribution in [3.8, 4) is 5.75 Å². The third-order valence-electron chi connectivity index (χ3n) is 8.40. The maximum absolute atomic E-state index is 13.4. The maximum Gasteiger partial charge on any atom is 0.526 e. The van der Waals surface area contributed by atoms with Crippen LogP contribution in [-0.2, 0) is 30.4 Å². The number of hydrogen-bond acceptors (Lipinski definition) is 13. The number of ketones is 1. The molecule has 1 aromatic heterocycles. The van der Waals surface area contributed by atoms with Gasteiger partial charge >= 0.3 is 48.1 Å². The van der Waals surface area contributed by atoms with Gasteiger partial charge in [-0.3, -0.25) is 38.6 Å². The summed E-state index contributed by atoms with van der Waals surface area (Å²) in [7, 11) is -1.48. The van der Waals surface area contributed by atoms with E-state index >= 15 is 0 Å². The van der Waals surface area contributed by atoms with Gasteiger partial charge in [-0.25, -0.2) is 14.6 Å². The van der Waals surface area contributed by atoms with Crippen molar-refractivity contribution in [3.05, 3.63) is 40.4 Å². The number of rotatable bonds is 10. The molecule has 2 aromatic rings. The molecule has 1 unspecified atom stereocenters. The number of thiazole rings is 1. The molecule has 0 saturated carbocycles. The van der Waals surface area contributed by atoms with Gasteiger partial charge in [0.1, 0.15) is 11.8 Å². The number of carboxylic acid groups (broad SMARTS) is 1. The lowest BCUT2D eigenvalue weighted by Gasteiger charge is -2.33. The molecule has 18 nitrogen and oxygen atoms in total. The summed E-state index contributed by atoms with van der Waals surface area (Å²) >= 11 is 6.19. The fourth-order valence-corrected chi connectivity index (χ4v) is 6.58. The molecule has 0 spiro atoms. The van der Waals surface area contributed by atoms with E-state index in [1.165, 1.54) is 21.2 Å². The van der Waals surface area contributed by atoms with Crippen molar-refractivity contribution >= 4 is 82.0 Å². The second kappa shape index (κ2) is 17.4. The fourth-order valence-electron chi connectivity index (χ4n) is 5.83. The molecule has 3 aliphatic rings. The van der Waals surface area contributed by atoms with E-state index in [0.717, 1.165) is 27.6 Å². The van der Waals surface area contributed by atoms with E-state index in [0.29, 0.717) is 31.6 Å². The van der Waals surface area contributed by atoms with E-state index < -0.39 is 65.8 Å². The van der Waals surface area contributed by atoms with Crippen LogP contribution >= 0.6 is 22.9 Å². The number of benzene rings is 1. The molecule has 21 heteroatoms. The Labute approximate surface area is 306 Å². The number of carbonyl (C=O) groups excluding carboxylic acids is 7. The number of piperazine rings is 2. The Balaban J connectivity index is 0.000000363. The number of nitrogens with zero attached hydrogens (tertiary/aromatic N) is 5.